The van der Waals surface area contributed by atoms with Crippen molar-refractivity contribution in [3.05, 3.63) is 23.8 Å². The molecular weight excluding hydrogens is 238 g/mol. The number of hydrogen-bond donors (Lipinski definition) is 1. The highest BCUT2D eigenvalue weighted by Gasteiger charge is 2.28. The summed E-state index contributed by atoms with van der Waals surface area (Å²) in [4.78, 5) is 0. The molecule has 1 atom stereocenters. The van der Waals surface area contributed by atoms with Gasteiger partial charge >= 0.3 is 0 Å². The van der Waals surface area contributed by atoms with Crippen molar-refractivity contribution in [2.45, 2.75) is 38.6 Å². The largest absolute Gasteiger partial charge is 0.497 e. The minimum atomic E-state index is 0.428. The Morgan fingerprint density at radius 1 is 1.16 bits per heavy atom. The molecule has 0 heterocycles. The van der Waals surface area contributed by atoms with E-state index in [1.165, 1.54) is 24.8 Å². The maximum atomic E-state index is 5.38. The van der Waals surface area contributed by atoms with Gasteiger partial charge in [0.05, 0.1) is 14.2 Å². The lowest BCUT2D eigenvalue weighted by Crippen LogP contribution is -2.32. The lowest BCUT2D eigenvalue weighted by molar-refractivity contribution is 0.230. The average Bonchev–Trinajstić information content (AvgIpc) is 2.40. The third-order valence-electron chi connectivity index (χ3n) is 3.97. The van der Waals surface area contributed by atoms with Crippen LogP contribution in [0.5, 0.6) is 11.5 Å². The Morgan fingerprint density at radius 3 is 2.21 bits per heavy atom. The van der Waals surface area contributed by atoms with Crippen LogP contribution in [0.15, 0.2) is 18.2 Å². The van der Waals surface area contributed by atoms with E-state index in [0.29, 0.717) is 6.04 Å². The summed E-state index contributed by atoms with van der Waals surface area (Å²) in [5.74, 6) is 2.50. The fraction of sp³-hybridized carbons (Fsp3) is 0.625. The molecule has 0 radical (unpaired) electrons. The summed E-state index contributed by atoms with van der Waals surface area (Å²) in [5, 5.41) is 3.68. The molecule has 0 aliphatic heterocycles. The van der Waals surface area contributed by atoms with E-state index in [2.05, 4.69) is 24.4 Å². The molecule has 0 amide bonds. The fourth-order valence-corrected chi connectivity index (χ4v) is 2.64. The molecule has 106 valence electrons. The molecular formula is C16H25NO2. The average molecular weight is 263 g/mol. The van der Waals surface area contributed by atoms with Crippen LogP contribution in [-0.4, -0.2) is 20.8 Å². The van der Waals surface area contributed by atoms with Crippen LogP contribution in [0.2, 0.25) is 0 Å². The quantitative estimate of drug-likeness (QED) is 0.816. The predicted molar refractivity (Wildman–Crippen MR) is 77.9 cm³/mol. The van der Waals surface area contributed by atoms with Crippen molar-refractivity contribution < 1.29 is 9.47 Å². The van der Waals surface area contributed by atoms with Crippen molar-refractivity contribution in [1.29, 1.82) is 0 Å². The van der Waals surface area contributed by atoms with E-state index in [-0.39, 0.29) is 0 Å². The minimum Gasteiger partial charge on any atom is -0.497 e. The van der Waals surface area contributed by atoms with Crippen molar-refractivity contribution in [3.8, 4) is 11.5 Å². The van der Waals surface area contributed by atoms with Gasteiger partial charge in [-0.25, -0.2) is 0 Å². The molecule has 1 unspecified atom stereocenters. The summed E-state index contributed by atoms with van der Waals surface area (Å²) in [7, 11) is 3.41. The van der Waals surface area contributed by atoms with Gasteiger partial charge in [0.2, 0.25) is 0 Å². The van der Waals surface area contributed by atoms with E-state index in [0.717, 1.165) is 30.4 Å². The van der Waals surface area contributed by atoms with Crippen LogP contribution in [-0.2, 0) is 0 Å². The number of nitrogens with one attached hydrogen (secondary N) is 1. The van der Waals surface area contributed by atoms with Gasteiger partial charge in [0.1, 0.15) is 11.5 Å². The van der Waals surface area contributed by atoms with Gasteiger partial charge in [-0.2, -0.15) is 0 Å². The first-order chi connectivity index (χ1) is 9.28. The number of ether oxygens (including phenoxy) is 2. The van der Waals surface area contributed by atoms with E-state index in [9.17, 15) is 0 Å². The van der Waals surface area contributed by atoms with Crippen molar-refractivity contribution in [2.75, 3.05) is 20.8 Å². The molecule has 2 rings (SSSR count). The molecule has 3 nitrogen and oxygen atoms in total. The molecule has 1 N–H and O–H groups in total. The smallest absolute Gasteiger partial charge is 0.122 e. The Hall–Kier alpha value is -1.22. The van der Waals surface area contributed by atoms with Crippen LogP contribution in [0, 0.1) is 5.92 Å². The summed E-state index contributed by atoms with van der Waals surface area (Å²) < 4.78 is 10.8. The second-order valence-corrected chi connectivity index (χ2v) is 5.27. The molecule has 1 fully saturated rings. The molecule has 19 heavy (non-hydrogen) atoms. The van der Waals surface area contributed by atoms with Crippen LogP contribution in [0.1, 0.15) is 44.2 Å². The monoisotopic (exact) mass is 263 g/mol. The van der Waals surface area contributed by atoms with Crippen molar-refractivity contribution >= 4 is 0 Å². The summed E-state index contributed by atoms with van der Waals surface area (Å²) in [6.07, 6.45) is 5.15. The Kier molecular flexibility index (Phi) is 5.08. The van der Waals surface area contributed by atoms with Crippen LogP contribution in [0.25, 0.3) is 0 Å². The Labute approximate surface area is 116 Å². The third kappa shape index (κ3) is 3.41. The van der Waals surface area contributed by atoms with Crippen molar-refractivity contribution in [2.24, 2.45) is 5.92 Å². The van der Waals surface area contributed by atoms with Crippen LogP contribution >= 0.6 is 0 Å². The minimum absolute atomic E-state index is 0.428. The molecule has 0 saturated heterocycles. The zero-order chi connectivity index (χ0) is 13.7. The standard InChI is InChI=1S/C16H25NO2/c1-4-8-17-16(12-6-5-7-12)13-9-14(18-2)11-15(10-13)19-3/h9-12,16-17H,4-8H2,1-3H3. The van der Waals surface area contributed by atoms with E-state index >= 15 is 0 Å². The lowest BCUT2D eigenvalue weighted by atomic mass is 9.77. The molecule has 0 aromatic heterocycles. The topological polar surface area (TPSA) is 30.5 Å². The van der Waals surface area contributed by atoms with Gasteiger partial charge in [-0.3, -0.25) is 0 Å². The van der Waals surface area contributed by atoms with Gasteiger partial charge in [0, 0.05) is 12.1 Å². The Balaban J connectivity index is 2.23. The van der Waals surface area contributed by atoms with E-state index < -0.39 is 0 Å². The number of rotatable bonds is 7. The number of benzene rings is 1. The molecule has 0 spiro atoms. The van der Waals surface area contributed by atoms with Gasteiger partial charge in [-0.15, -0.1) is 0 Å². The maximum Gasteiger partial charge on any atom is 0.122 e. The summed E-state index contributed by atoms with van der Waals surface area (Å²) in [5.41, 5.74) is 1.29. The normalized spacial score (nSPS) is 16.8. The third-order valence-corrected chi connectivity index (χ3v) is 3.97. The number of hydrogen-bond acceptors (Lipinski definition) is 3. The zero-order valence-electron chi connectivity index (χ0n) is 12.2. The lowest BCUT2D eigenvalue weighted by Gasteiger charge is -2.35. The second-order valence-electron chi connectivity index (χ2n) is 5.27. The highest BCUT2D eigenvalue weighted by atomic mass is 16.5. The van der Waals surface area contributed by atoms with Gasteiger partial charge in [-0.05, 0) is 49.4 Å². The number of methoxy groups -OCH3 is 2. The second kappa shape index (κ2) is 6.80. The van der Waals surface area contributed by atoms with Crippen molar-refractivity contribution in [1.82, 2.24) is 5.32 Å². The van der Waals surface area contributed by atoms with Crippen LogP contribution in [0.3, 0.4) is 0 Å². The highest BCUT2D eigenvalue weighted by molar-refractivity contribution is 5.40. The summed E-state index contributed by atoms with van der Waals surface area (Å²) in [6, 6.07) is 6.63. The maximum absolute atomic E-state index is 5.38. The SMILES string of the molecule is CCCNC(c1cc(OC)cc(OC)c1)C1CCC1. The van der Waals surface area contributed by atoms with E-state index in [1.807, 2.05) is 6.07 Å². The van der Waals surface area contributed by atoms with Crippen LogP contribution in [0.4, 0.5) is 0 Å². The Morgan fingerprint density at radius 2 is 1.79 bits per heavy atom. The molecule has 1 aromatic rings. The highest BCUT2D eigenvalue weighted by Crippen LogP contribution is 2.39. The molecule has 1 aliphatic carbocycles. The predicted octanol–water partition coefficient (Wildman–Crippen LogP) is 3.54. The van der Waals surface area contributed by atoms with E-state index in [1.54, 1.807) is 14.2 Å². The molecule has 0 bridgehead atoms. The first-order valence-corrected chi connectivity index (χ1v) is 7.24. The molecule has 3 heteroatoms. The van der Waals surface area contributed by atoms with E-state index in [4.69, 9.17) is 9.47 Å². The van der Waals surface area contributed by atoms with Gasteiger partial charge in [0.25, 0.3) is 0 Å². The van der Waals surface area contributed by atoms with Gasteiger partial charge < -0.3 is 14.8 Å². The van der Waals surface area contributed by atoms with Gasteiger partial charge in [0.15, 0.2) is 0 Å². The molecule has 1 aliphatic rings. The van der Waals surface area contributed by atoms with Crippen molar-refractivity contribution in [3.63, 3.8) is 0 Å². The first-order valence-electron chi connectivity index (χ1n) is 7.24. The van der Waals surface area contributed by atoms with Gasteiger partial charge in [-0.1, -0.05) is 13.3 Å². The van der Waals surface area contributed by atoms with Crippen LogP contribution < -0.4 is 14.8 Å². The zero-order valence-corrected chi connectivity index (χ0v) is 12.2. The summed E-state index contributed by atoms with van der Waals surface area (Å²) in [6.45, 7) is 3.26. The molecule has 1 saturated carbocycles. The first kappa shape index (κ1) is 14.2. The molecule has 1 aromatic carbocycles. The Bertz CT molecular complexity index is 379. The summed E-state index contributed by atoms with van der Waals surface area (Å²) >= 11 is 0. The fourth-order valence-electron chi connectivity index (χ4n) is 2.64.